The molecule has 1 aliphatic rings. The van der Waals surface area contributed by atoms with Crippen LogP contribution in [-0.4, -0.2) is 50.3 Å². The van der Waals surface area contributed by atoms with Crippen molar-refractivity contribution >= 4 is 34.4 Å². The fourth-order valence-corrected chi connectivity index (χ4v) is 3.35. The Balaban J connectivity index is 1.43. The molecule has 1 amide bonds. The van der Waals surface area contributed by atoms with E-state index < -0.39 is 0 Å². The summed E-state index contributed by atoms with van der Waals surface area (Å²) >= 11 is 0. The summed E-state index contributed by atoms with van der Waals surface area (Å²) in [5.74, 6) is 0.988. The lowest BCUT2D eigenvalue weighted by atomic mass is 10.3. The third-order valence-electron chi connectivity index (χ3n) is 4.81. The van der Waals surface area contributed by atoms with Crippen LogP contribution in [0.15, 0.2) is 59.7 Å². The third-order valence-corrected chi connectivity index (χ3v) is 4.81. The van der Waals surface area contributed by atoms with Crippen LogP contribution in [0.3, 0.4) is 0 Å². The highest BCUT2D eigenvalue weighted by Crippen LogP contribution is 2.19. The van der Waals surface area contributed by atoms with Crippen molar-refractivity contribution in [2.75, 3.05) is 29.9 Å². The van der Waals surface area contributed by atoms with E-state index in [1.54, 1.807) is 10.9 Å². The number of aromatic amines is 1. The predicted molar refractivity (Wildman–Crippen MR) is 112 cm³/mol. The molecule has 0 spiro atoms. The summed E-state index contributed by atoms with van der Waals surface area (Å²) in [6, 6.07) is 13.1. The Bertz CT molecular complexity index is 1260. The molecule has 4 aromatic rings. The number of aromatic nitrogens is 5. The van der Waals surface area contributed by atoms with Crippen LogP contribution in [0.4, 0.5) is 17.5 Å². The molecule has 4 heterocycles. The summed E-state index contributed by atoms with van der Waals surface area (Å²) in [5, 5.41) is 10.6. The number of carbonyl (C=O) groups excluding carboxylic acids is 1. The van der Waals surface area contributed by atoms with Crippen molar-refractivity contribution in [3.8, 4) is 5.69 Å². The Morgan fingerprint density at radius 3 is 2.67 bits per heavy atom. The first-order valence-electron chi connectivity index (χ1n) is 9.45. The molecule has 3 N–H and O–H groups in total. The highest BCUT2D eigenvalue weighted by Gasteiger charge is 2.17. The van der Waals surface area contributed by atoms with Crippen LogP contribution < -0.4 is 21.1 Å². The highest BCUT2D eigenvalue weighted by molar-refractivity contribution is 5.82. The van der Waals surface area contributed by atoms with Crippen LogP contribution in [0.25, 0.3) is 16.7 Å². The summed E-state index contributed by atoms with van der Waals surface area (Å²) in [6.07, 6.45) is 3.14. The van der Waals surface area contributed by atoms with Crippen LogP contribution in [0.5, 0.6) is 0 Å². The second-order valence-corrected chi connectivity index (χ2v) is 6.85. The van der Waals surface area contributed by atoms with E-state index in [1.807, 2.05) is 47.4 Å². The molecule has 1 aromatic carbocycles. The topological polar surface area (TPSA) is 121 Å². The molecule has 5 rings (SSSR count). The Hall–Kier alpha value is -4.21. The van der Waals surface area contributed by atoms with Gasteiger partial charge in [0.1, 0.15) is 11.2 Å². The van der Waals surface area contributed by atoms with Gasteiger partial charge in [-0.25, -0.2) is 9.67 Å². The number of hydrogen-bond donors (Lipinski definition) is 3. The smallest absolute Gasteiger partial charge is 0.263 e. The molecule has 1 aliphatic heterocycles. The molecule has 3 aromatic heterocycles. The average molecular weight is 402 g/mol. The number of rotatable bonds is 4. The summed E-state index contributed by atoms with van der Waals surface area (Å²) < 4.78 is 1.62. The molecular weight excluding hydrogens is 384 g/mol. The molecule has 10 nitrogen and oxygen atoms in total. The highest BCUT2D eigenvalue weighted by atomic mass is 16.2. The second kappa shape index (κ2) is 7.32. The van der Waals surface area contributed by atoms with E-state index in [-0.39, 0.29) is 24.0 Å². The van der Waals surface area contributed by atoms with E-state index in [0.717, 1.165) is 11.5 Å². The summed E-state index contributed by atoms with van der Waals surface area (Å²) in [5.41, 5.74) is 1.64. The number of hydrogen-bond acceptors (Lipinski definition) is 7. The number of pyridine rings is 1. The molecule has 0 atom stereocenters. The molecule has 10 heteroatoms. The van der Waals surface area contributed by atoms with Gasteiger partial charge < -0.3 is 15.5 Å². The van der Waals surface area contributed by atoms with Gasteiger partial charge in [-0.15, -0.1) is 0 Å². The number of carbonyl (C=O) groups is 1. The van der Waals surface area contributed by atoms with Crippen molar-refractivity contribution in [3.05, 3.63) is 65.2 Å². The molecular formula is C20H18N8O2. The summed E-state index contributed by atoms with van der Waals surface area (Å²) in [4.78, 5) is 37.6. The first kappa shape index (κ1) is 17.9. The van der Waals surface area contributed by atoms with E-state index in [2.05, 4.69) is 30.7 Å². The third kappa shape index (κ3) is 3.34. The average Bonchev–Trinajstić information content (AvgIpc) is 3.19. The quantitative estimate of drug-likeness (QED) is 0.469. The normalized spacial score (nSPS) is 14.0. The molecule has 0 bridgehead atoms. The van der Waals surface area contributed by atoms with Gasteiger partial charge in [0.2, 0.25) is 11.9 Å². The van der Waals surface area contributed by atoms with Gasteiger partial charge >= 0.3 is 0 Å². The van der Waals surface area contributed by atoms with Crippen molar-refractivity contribution in [2.24, 2.45) is 0 Å². The lowest BCUT2D eigenvalue weighted by molar-refractivity contribution is -0.120. The number of nitrogens with zero attached hydrogens (tertiary/aromatic N) is 5. The van der Waals surface area contributed by atoms with Crippen molar-refractivity contribution in [1.82, 2.24) is 30.0 Å². The van der Waals surface area contributed by atoms with Crippen LogP contribution in [-0.2, 0) is 4.79 Å². The van der Waals surface area contributed by atoms with Crippen molar-refractivity contribution in [1.29, 1.82) is 0 Å². The lowest BCUT2D eigenvalue weighted by Crippen LogP contribution is -2.48. The first-order chi connectivity index (χ1) is 14.7. The second-order valence-electron chi connectivity index (χ2n) is 6.85. The van der Waals surface area contributed by atoms with Gasteiger partial charge in [-0.05, 0) is 24.3 Å². The molecule has 0 radical (unpaired) electrons. The van der Waals surface area contributed by atoms with Gasteiger partial charge in [-0.2, -0.15) is 10.1 Å². The molecule has 0 saturated carbocycles. The van der Waals surface area contributed by atoms with Gasteiger partial charge in [0.05, 0.1) is 30.3 Å². The maximum Gasteiger partial charge on any atom is 0.263 e. The van der Waals surface area contributed by atoms with Crippen molar-refractivity contribution in [3.63, 3.8) is 0 Å². The van der Waals surface area contributed by atoms with Crippen molar-refractivity contribution in [2.45, 2.75) is 0 Å². The minimum atomic E-state index is -0.284. The fourth-order valence-electron chi connectivity index (χ4n) is 3.35. The predicted octanol–water partition coefficient (Wildman–Crippen LogP) is 1.18. The largest absolute Gasteiger partial charge is 0.353 e. The maximum absolute atomic E-state index is 12.5. The van der Waals surface area contributed by atoms with Gasteiger partial charge in [-0.1, -0.05) is 18.2 Å². The van der Waals surface area contributed by atoms with E-state index in [1.165, 1.54) is 6.20 Å². The summed E-state index contributed by atoms with van der Waals surface area (Å²) in [7, 11) is 0. The number of amides is 1. The maximum atomic E-state index is 12.5. The molecule has 150 valence electrons. The Labute approximate surface area is 170 Å². The van der Waals surface area contributed by atoms with Gasteiger partial charge in [0, 0.05) is 13.1 Å². The molecule has 1 fully saturated rings. The molecule has 0 unspecified atom stereocenters. The SMILES string of the molecule is O=C1CN(c2ccc(Nc3nc4c(cnn4-c4ccccc4)c(=O)[nH]3)cn2)CCN1. The molecule has 30 heavy (non-hydrogen) atoms. The van der Waals surface area contributed by atoms with E-state index >= 15 is 0 Å². The fraction of sp³-hybridized carbons (Fsp3) is 0.150. The van der Waals surface area contributed by atoms with Gasteiger partial charge in [0.15, 0.2) is 5.65 Å². The Morgan fingerprint density at radius 2 is 1.90 bits per heavy atom. The lowest BCUT2D eigenvalue weighted by Gasteiger charge is -2.27. The molecule has 1 saturated heterocycles. The van der Waals surface area contributed by atoms with Crippen LogP contribution in [0.1, 0.15) is 0 Å². The van der Waals surface area contributed by atoms with Crippen LogP contribution in [0.2, 0.25) is 0 Å². The number of para-hydroxylation sites is 1. The number of anilines is 3. The number of fused-ring (bicyclic) bond motifs is 1. The Morgan fingerprint density at radius 1 is 1.03 bits per heavy atom. The van der Waals surface area contributed by atoms with Gasteiger partial charge in [0.25, 0.3) is 5.56 Å². The van der Waals surface area contributed by atoms with Crippen LogP contribution in [0, 0.1) is 0 Å². The van der Waals surface area contributed by atoms with E-state index in [9.17, 15) is 9.59 Å². The number of H-pyrrole nitrogens is 1. The van der Waals surface area contributed by atoms with Crippen molar-refractivity contribution < 1.29 is 4.79 Å². The zero-order valence-corrected chi connectivity index (χ0v) is 15.9. The van der Waals surface area contributed by atoms with Crippen LogP contribution >= 0.6 is 0 Å². The minimum Gasteiger partial charge on any atom is -0.353 e. The Kier molecular flexibility index (Phi) is 4.36. The minimum absolute atomic E-state index is 0.0182. The standard InChI is InChI=1S/C20H18N8O2/c29-17-12-27(9-8-21-17)16-7-6-13(10-22-16)24-20-25-18-15(19(30)26-20)11-23-28(18)14-4-2-1-3-5-14/h1-7,10-11H,8-9,12H2,(H,21,29)(H2,24,25,26,30). The molecule has 0 aliphatic carbocycles. The number of piperazine rings is 1. The number of nitrogens with one attached hydrogen (secondary N) is 3. The zero-order chi connectivity index (χ0) is 20.5. The summed E-state index contributed by atoms with van der Waals surface area (Å²) in [6.45, 7) is 1.59. The van der Waals surface area contributed by atoms with E-state index in [0.29, 0.717) is 29.8 Å². The first-order valence-corrected chi connectivity index (χ1v) is 9.45. The van der Waals surface area contributed by atoms with E-state index in [4.69, 9.17) is 0 Å². The van der Waals surface area contributed by atoms with Gasteiger partial charge in [-0.3, -0.25) is 14.6 Å². The zero-order valence-electron chi connectivity index (χ0n) is 15.9. The monoisotopic (exact) mass is 402 g/mol. The number of benzene rings is 1.